The van der Waals surface area contributed by atoms with Crippen LogP contribution in [0.4, 0.5) is 15.8 Å². The first-order valence-corrected chi connectivity index (χ1v) is 14.7. The van der Waals surface area contributed by atoms with Crippen LogP contribution < -0.4 is 14.5 Å². The highest BCUT2D eigenvalue weighted by Crippen LogP contribution is 2.47. The van der Waals surface area contributed by atoms with Crippen LogP contribution in [0.1, 0.15) is 29.7 Å². The number of ether oxygens (including phenoxy) is 1. The second-order valence-electron chi connectivity index (χ2n) is 12.3. The van der Waals surface area contributed by atoms with Gasteiger partial charge < -0.3 is 19.6 Å². The van der Waals surface area contributed by atoms with Crippen LogP contribution >= 0.6 is 0 Å². The van der Waals surface area contributed by atoms with Crippen molar-refractivity contribution in [1.29, 1.82) is 0 Å². The van der Waals surface area contributed by atoms with Crippen molar-refractivity contribution >= 4 is 34.8 Å². The fourth-order valence-electron chi connectivity index (χ4n) is 6.68. The summed E-state index contributed by atoms with van der Waals surface area (Å²) >= 11 is 0. The Kier molecular flexibility index (Phi) is 6.57. The van der Waals surface area contributed by atoms with Crippen LogP contribution in [-0.4, -0.2) is 90.8 Å². The van der Waals surface area contributed by atoms with Crippen molar-refractivity contribution < 1.29 is 23.6 Å². The number of halogens is 1. The Hall–Kier alpha value is -3.72. The molecule has 1 amide bonds. The number of aromatic nitrogens is 1. The van der Waals surface area contributed by atoms with E-state index in [-0.39, 0.29) is 11.2 Å². The summed E-state index contributed by atoms with van der Waals surface area (Å²) in [5.74, 6) is 0.878. The van der Waals surface area contributed by atoms with Crippen molar-refractivity contribution in [3.63, 3.8) is 0 Å². The molecule has 3 aromatic rings. The predicted octanol–water partition coefficient (Wildman–Crippen LogP) is 3.68. The molecule has 0 bridgehead atoms. The molecule has 1 aliphatic carbocycles. The van der Waals surface area contributed by atoms with Crippen molar-refractivity contribution in [2.75, 3.05) is 62.2 Å². The quantitative estimate of drug-likeness (QED) is 0.334. The molecule has 1 N–H and O–H groups in total. The number of nitrogens with zero attached hydrogens (tertiary/aromatic N) is 5. The minimum Gasteiger partial charge on any atom is -0.508 e. The average Bonchev–Trinajstić information content (AvgIpc) is 3.73. The molecular formula is C32H37FN5O3+. The number of aromatic hydroxyl groups is 1. The van der Waals surface area contributed by atoms with Crippen LogP contribution in [0.25, 0.3) is 10.8 Å². The highest BCUT2D eigenvalue weighted by atomic mass is 19.1. The predicted molar refractivity (Wildman–Crippen MR) is 157 cm³/mol. The van der Waals surface area contributed by atoms with E-state index in [2.05, 4.69) is 33.8 Å². The summed E-state index contributed by atoms with van der Waals surface area (Å²) in [7, 11) is 0. The van der Waals surface area contributed by atoms with Gasteiger partial charge in [0.25, 0.3) is 0 Å². The summed E-state index contributed by atoms with van der Waals surface area (Å²) in [6.07, 6.45) is 5.13. The van der Waals surface area contributed by atoms with Crippen LogP contribution in [0.3, 0.4) is 0 Å². The maximum absolute atomic E-state index is 13.4. The second kappa shape index (κ2) is 10.3. The second-order valence-corrected chi connectivity index (χ2v) is 12.3. The molecular weight excluding hydrogens is 521 g/mol. The van der Waals surface area contributed by atoms with Gasteiger partial charge in [0.1, 0.15) is 11.9 Å². The number of pyridine rings is 1. The maximum atomic E-state index is 13.4. The van der Waals surface area contributed by atoms with Gasteiger partial charge in [0.05, 0.1) is 31.9 Å². The van der Waals surface area contributed by atoms with Gasteiger partial charge in [0, 0.05) is 66.1 Å². The number of phenolic OH excluding ortho intramolecular Hbond substituents is 1. The van der Waals surface area contributed by atoms with Crippen molar-refractivity contribution in [3.05, 3.63) is 53.2 Å². The Labute approximate surface area is 239 Å². The maximum Gasteiger partial charge on any atom is 0.374 e. The number of likely N-dealkylation sites (tertiary alicyclic amines) is 1. The van der Waals surface area contributed by atoms with E-state index in [9.17, 15) is 14.3 Å². The fraction of sp³-hybridized carbons (Fsp3) is 0.469. The van der Waals surface area contributed by atoms with Gasteiger partial charge in [0.2, 0.25) is 5.88 Å². The third-order valence-electron chi connectivity index (χ3n) is 9.22. The molecule has 9 heteroatoms. The smallest absolute Gasteiger partial charge is 0.374 e. The molecule has 214 valence electrons. The number of fused-ring (bicyclic) bond motifs is 2. The summed E-state index contributed by atoms with van der Waals surface area (Å²) in [6.45, 7) is 8.10. The summed E-state index contributed by atoms with van der Waals surface area (Å²) in [5, 5.41) is 12.7. The lowest BCUT2D eigenvalue weighted by atomic mass is 9.98. The van der Waals surface area contributed by atoms with Gasteiger partial charge in [-0.15, -0.1) is 0 Å². The van der Waals surface area contributed by atoms with Crippen molar-refractivity contribution in [3.8, 4) is 11.6 Å². The van der Waals surface area contributed by atoms with Gasteiger partial charge in [-0.05, 0) is 43.2 Å². The monoisotopic (exact) mass is 558 g/mol. The zero-order valence-corrected chi connectivity index (χ0v) is 23.6. The molecule has 8 nitrogen and oxygen atoms in total. The number of hydrogen-bond acceptors (Lipinski definition) is 7. The standard InChI is InChI=1S/C32H36FN5O3/c1-22-3-2-4-23-13-25(40)14-29(31(22)23)38-8-5-26-27(18-38)34-30(15-28(26)37-11-9-35(21-39)10-12-37)41-20-32(6-7-32)19-36-16-24(33)17-36/h2-4,9,13-15,21,24H,5-8,10-12,16-20H2,1H3/p+1. The summed E-state index contributed by atoms with van der Waals surface area (Å²) in [5.41, 5.74) is 5.61. The summed E-state index contributed by atoms with van der Waals surface area (Å²) < 4.78 is 21.5. The van der Waals surface area contributed by atoms with Gasteiger partial charge >= 0.3 is 6.41 Å². The molecule has 41 heavy (non-hydrogen) atoms. The lowest BCUT2D eigenvalue weighted by Gasteiger charge is -2.37. The first-order chi connectivity index (χ1) is 19.9. The molecule has 1 saturated carbocycles. The number of carbonyl (C=O) groups is 1. The zero-order chi connectivity index (χ0) is 28.1. The number of alkyl halides is 1. The van der Waals surface area contributed by atoms with E-state index in [0.29, 0.717) is 45.2 Å². The number of anilines is 2. The molecule has 0 spiro atoms. The van der Waals surface area contributed by atoms with Crippen molar-refractivity contribution in [1.82, 2.24) is 9.88 Å². The Morgan fingerprint density at radius 3 is 2.76 bits per heavy atom. The van der Waals surface area contributed by atoms with Crippen LogP contribution in [-0.2, 0) is 17.8 Å². The number of hydrogen-bond donors (Lipinski definition) is 1. The SMILES string of the molecule is Cc1cccc2cc(O)cc(N3CCc4c(N5CC=[N+](C=O)CC5)cc(OCC5(CN6CC(F)C6)CC5)nc4C3)c12. The molecule has 2 aromatic carbocycles. The first-order valence-electron chi connectivity index (χ1n) is 14.7. The number of amides is 1. The Morgan fingerprint density at radius 2 is 2.02 bits per heavy atom. The number of benzene rings is 2. The molecule has 4 heterocycles. The molecule has 0 radical (unpaired) electrons. The lowest BCUT2D eigenvalue weighted by Crippen LogP contribution is -2.51. The third kappa shape index (κ3) is 5.12. The van der Waals surface area contributed by atoms with E-state index in [1.165, 1.54) is 11.1 Å². The van der Waals surface area contributed by atoms with E-state index in [1.54, 1.807) is 4.58 Å². The molecule has 4 aliphatic rings. The summed E-state index contributed by atoms with van der Waals surface area (Å²) in [6, 6.07) is 11.9. The first kappa shape index (κ1) is 26.2. The van der Waals surface area contributed by atoms with Gasteiger partial charge in [-0.25, -0.2) is 14.2 Å². The van der Waals surface area contributed by atoms with E-state index in [0.717, 1.165) is 73.1 Å². The van der Waals surface area contributed by atoms with Crippen molar-refractivity contribution in [2.45, 2.75) is 38.9 Å². The van der Waals surface area contributed by atoms with E-state index in [1.807, 2.05) is 30.5 Å². The van der Waals surface area contributed by atoms with Crippen LogP contribution in [0.15, 0.2) is 36.4 Å². The number of aryl methyl sites for hydroxylation is 1. The van der Waals surface area contributed by atoms with E-state index >= 15 is 0 Å². The number of phenols is 1. The van der Waals surface area contributed by atoms with Gasteiger partial charge in [0.15, 0.2) is 12.8 Å². The normalized spacial score (nSPS) is 20.4. The van der Waals surface area contributed by atoms with E-state index in [4.69, 9.17) is 9.72 Å². The largest absolute Gasteiger partial charge is 0.508 e. The molecule has 0 unspecified atom stereocenters. The molecule has 7 rings (SSSR count). The Balaban J connectivity index is 1.20. The van der Waals surface area contributed by atoms with Crippen LogP contribution in [0.2, 0.25) is 0 Å². The minimum absolute atomic E-state index is 0.0886. The lowest BCUT2D eigenvalue weighted by molar-refractivity contribution is -0.429. The van der Waals surface area contributed by atoms with Gasteiger partial charge in [-0.1, -0.05) is 18.2 Å². The van der Waals surface area contributed by atoms with Crippen molar-refractivity contribution in [2.24, 2.45) is 5.41 Å². The Morgan fingerprint density at radius 1 is 1.17 bits per heavy atom. The average molecular weight is 559 g/mol. The van der Waals surface area contributed by atoms with Gasteiger partial charge in [-0.2, -0.15) is 4.58 Å². The molecule has 0 atom stereocenters. The zero-order valence-electron chi connectivity index (χ0n) is 23.6. The number of rotatable bonds is 8. The summed E-state index contributed by atoms with van der Waals surface area (Å²) in [4.78, 5) is 23.2. The molecule has 1 saturated heterocycles. The van der Waals surface area contributed by atoms with Crippen LogP contribution in [0.5, 0.6) is 11.6 Å². The number of carbonyl (C=O) groups excluding carboxylic acids is 1. The topological polar surface area (TPSA) is 72.2 Å². The van der Waals surface area contributed by atoms with E-state index < -0.39 is 6.17 Å². The molecule has 1 aromatic heterocycles. The Bertz CT molecular complexity index is 1530. The van der Waals surface area contributed by atoms with Crippen LogP contribution in [0, 0.1) is 12.3 Å². The minimum atomic E-state index is -0.691. The highest BCUT2D eigenvalue weighted by molar-refractivity contribution is 5.98. The fourth-order valence-corrected chi connectivity index (χ4v) is 6.68. The molecule has 3 aliphatic heterocycles. The van der Waals surface area contributed by atoms with Gasteiger partial charge in [-0.3, -0.25) is 4.90 Å². The highest BCUT2D eigenvalue weighted by Gasteiger charge is 2.47. The third-order valence-corrected chi connectivity index (χ3v) is 9.22. The molecule has 2 fully saturated rings.